The van der Waals surface area contributed by atoms with Gasteiger partial charge < -0.3 is 9.13 Å². The number of halogens is 4. The number of rotatable bonds is 2. The smallest absolute Gasteiger partial charge is 0.365 e. The fourth-order valence-electron chi connectivity index (χ4n) is 7.40. The van der Waals surface area contributed by atoms with E-state index in [1.54, 1.807) is 0 Å². The van der Waals surface area contributed by atoms with Crippen LogP contribution in [0.2, 0.25) is 0 Å². The van der Waals surface area contributed by atoms with Crippen molar-refractivity contribution in [2.75, 3.05) is 0 Å². The molecule has 2 aliphatic carbocycles. The van der Waals surface area contributed by atoms with Gasteiger partial charge in [0.15, 0.2) is 0 Å². The summed E-state index contributed by atoms with van der Waals surface area (Å²) in [7, 11) is 0. The monoisotopic (exact) mass is 742 g/mol. The van der Waals surface area contributed by atoms with Crippen LogP contribution in [0.15, 0.2) is 133 Å². The van der Waals surface area contributed by atoms with Gasteiger partial charge in [-0.2, -0.15) is 36.4 Å². The molecule has 264 valence electrons. The largest absolute Gasteiger partial charge is 4.00 e. The third kappa shape index (κ3) is 8.35. The number of hydrogen-bond donors (Lipinski definition) is 0. The molecule has 2 nitrogen and oxygen atoms in total. The van der Waals surface area contributed by atoms with Gasteiger partial charge in [-0.15, -0.1) is 36.4 Å². The van der Waals surface area contributed by atoms with Crippen LogP contribution in [0, 0.1) is 35.4 Å². The Morgan fingerprint density at radius 2 is 0.830 bits per heavy atom. The topological polar surface area (TPSA) is 9.86 Å². The summed E-state index contributed by atoms with van der Waals surface area (Å²) in [5, 5.41) is 2.35. The normalized spacial score (nSPS) is 12.9. The molecule has 2 aromatic heterocycles. The first-order chi connectivity index (χ1) is 25.5. The van der Waals surface area contributed by atoms with Gasteiger partial charge in [0.05, 0.1) is 0 Å². The number of para-hydroxylation sites is 2. The van der Waals surface area contributed by atoms with Crippen molar-refractivity contribution in [3.05, 3.63) is 191 Å². The Labute approximate surface area is 322 Å². The molecule has 0 saturated heterocycles. The molecule has 0 N–H and O–H groups in total. The molecule has 7 heteroatoms. The minimum absolute atomic E-state index is 0. The molecule has 0 spiro atoms. The summed E-state index contributed by atoms with van der Waals surface area (Å²) in [6.45, 7) is 0. The zero-order chi connectivity index (χ0) is 35.9. The van der Waals surface area contributed by atoms with E-state index in [4.69, 9.17) is 0 Å². The van der Waals surface area contributed by atoms with E-state index in [0.29, 0.717) is 11.4 Å². The minimum Gasteiger partial charge on any atom is -0.365 e. The Morgan fingerprint density at radius 3 is 1.19 bits per heavy atom. The molecule has 6 aromatic carbocycles. The van der Waals surface area contributed by atoms with Gasteiger partial charge in [0.2, 0.25) is 0 Å². The molecule has 0 amide bonds. The molecular formula is C46H38F4N2Ti. The van der Waals surface area contributed by atoms with Crippen LogP contribution in [0.1, 0.15) is 48.2 Å². The van der Waals surface area contributed by atoms with Gasteiger partial charge in [-0.25, -0.2) is 41.8 Å². The zero-order valence-electron chi connectivity index (χ0n) is 29.3. The molecule has 2 aliphatic rings. The van der Waals surface area contributed by atoms with Crippen LogP contribution in [0.25, 0.3) is 33.2 Å². The molecule has 0 atom stereocenters. The molecular weight excluding hydrogens is 704 g/mol. The Balaban J connectivity index is 0.000000142. The number of hydrogen-bond acceptors (Lipinski definition) is 0. The fourth-order valence-corrected chi connectivity index (χ4v) is 7.40. The van der Waals surface area contributed by atoms with Crippen molar-refractivity contribution in [3.8, 4) is 11.4 Å². The Bertz CT molecular complexity index is 2170. The molecule has 0 fully saturated rings. The van der Waals surface area contributed by atoms with Crippen LogP contribution in [0.4, 0.5) is 17.6 Å². The van der Waals surface area contributed by atoms with E-state index in [2.05, 4.69) is 24.3 Å². The van der Waals surface area contributed by atoms with Crippen molar-refractivity contribution >= 4 is 21.8 Å². The maximum Gasteiger partial charge on any atom is 4.00 e. The molecule has 8 aromatic rings. The van der Waals surface area contributed by atoms with E-state index in [0.717, 1.165) is 60.9 Å². The molecule has 10 rings (SSSR count). The first-order valence-electron chi connectivity index (χ1n) is 17.8. The van der Waals surface area contributed by atoms with Gasteiger partial charge in [0, 0.05) is 56.5 Å². The predicted octanol–water partition coefficient (Wildman–Crippen LogP) is 12.0. The molecule has 0 radical (unpaired) electrons. The van der Waals surface area contributed by atoms with Gasteiger partial charge in [0.1, 0.15) is 0 Å². The molecule has 0 bridgehead atoms. The first-order valence-corrected chi connectivity index (χ1v) is 17.8. The van der Waals surface area contributed by atoms with Gasteiger partial charge >= 0.3 is 21.7 Å². The number of aryl methyl sites for hydroxylation is 2. The maximum absolute atomic E-state index is 14.2. The number of fused-ring (bicyclic) bond motifs is 6. The molecule has 0 aliphatic heterocycles. The Hall–Kier alpha value is -4.91. The molecule has 0 saturated carbocycles. The van der Waals surface area contributed by atoms with E-state index in [9.17, 15) is 17.6 Å². The maximum atomic E-state index is 14.2. The average Bonchev–Trinajstić information content (AvgIpc) is 4.01. The number of aromatic nitrogens is 2. The molecule has 0 unspecified atom stereocenters. The van der Waals surface area contributed by atoms with Crippen LogP contribution in [-0.4, -0.2) is 9.13 Å². The second-order valence-electron chi connectivity index (χ2n) is 12.9. The van der Waals surface area contributed by atoms with E-state index in [-0.39, 0.29) is 21.7 Å². The Kier molecular flexibility index (Phi) is 12.7. The summed E-state index contributed by atoms with van der Waals surface area (Å²) in [6, 6.07) is 45.9. The van der Waals surface area contributed by atoms with Gasteiger partial charge in [-0.05, 0) is 86.0 Å². The van der Waals surface area contributed by atoms with Crippen LogP contribution < -0.4 is 0 Å². The van der Waals surface area contributed by atoms with Gasteiger partial charge in [0.25, 0.3) is 0 Å². The number of benzene rings is 4. The van der Waals surface area contributed by atoms with Crippen LogP contribution >= 0.6 is 0 Å². The summed E-state index contributed by atoms with van der Waals surface area (Å²) < 4.78 is 58.5. The van der Waals surface area contributed by atoms with Crippen molar-refractivity contribution in [1.29, 1.82) is 0 Å². The summed E-state index contributed by atoms with van der Waals surface area (Å²) in [6.07, 6.45) is 8.45. The third-order valence-electron chi connectivity index (χ3n) is 9.63. The van der Waals surface area contributed by atoms with Gasteiger partial charge in [-0.1, -0.05) is 36.4 Å². The minimum atomic E-state index is -0.665. The van der Waals surface area contributed by atoms with E-state index < -0.39 is 23.3 Å². The van der Waals surface area contributed by atoms with Crippen LogP contribution in [0.5, 0.6) is 0 Å². The molecule has 2 heterocycles. The van der Waals surface area contributed by atoms with Gasteiger partial charge in [-0.3, -0.25) is 0 Å². The van der Waals surface area contributed by atoms with Crippen molar-refractivity contribution < 1.29 is 39.3 Å². The van der Waals surface area contributed by atoms with Crippen molar-refractivity contribution in [2.45, 2.75) is 51.4 Å². The summed E-state index contributed by atoms with van der Waals surface area (Å²) in [5.74, 6) is -2.60. The van der Waals surface area contributed by atoms with E-state index in [1.165, 1.54) is 59.0 Å². The summed E-state index contributed by atoms with van der Waals surface area (Å²) in [5.41, 5.74) is 7.67. The second kappa shape index (κ2) is 17.7. The Morgan fingerprint density at radius 1 is 0.453 bits per heavy atom. The quantitative estimate of drug-likeness (QED) is 0.0948. The first kappa shape index (κ1) is 37.8. The second-order valence-corrected chi connectivity index (χ2v) is 12.9. The van der Waals surface area contributed by atoms with Crippen molar-refractivity contribution in [2.24, 2.45) is 0 Å². The van der Waals surface area contributed by atoms with Crippen molar-refractivity contribution in [1.82, 2.24) is 9.13 Å². The van der Waals surface area contributed by atoms with E-state index in [1.807, 2.05) is 106 Å². The average molecular weight is 743 g/mol. The van der Waals surface area contributed by atoms with Crippen LogP contribution in [-0.2, 0) is 47.4 Å². The molecule has 53 heavy (non-hydrogen) atoms. The predicted molar refractivity (Wildman–Crippen MR) is 201 cm³/mol. The summed E-state index contributed by atoms with van der Waals surface area (Å²) in [4.78, 5) is 0. The SMILES string of the molecule is Fc1[c-]c(F)c(-n2c3c(c4ccccc42)CCCC3)cc1.Fc1[c-]c(F)c(-n2c3c(c4ccccc42)CCCC3)cc1.[Ti+4].c1cc[cH-]c1.c1cc[cH-]c1. The fraction of sp³-hybridized carbons (Fsp3) is 0.174. The van der Waals surface area contributed by atoms with E-state index >= 15 is 0 Å². The number of nitrogens with zero attached hydrogens (tertiary/aromatic N) is 2. The zero-order valence-corrected chi connectivity index (χ0v) is 30.8. The van der Waals surface area contributed by atoms with Crippen LogP contribution in [0.3, 0.4) is 0 Å². The summed E-state index contributed by atoms with van der Waals surface area (Å²) >= 11 is 0. The van der Waals surface area contributed by atoms with Crippen molar-refractivity contribution in [3.63, 3.8) is 0 Å². The third-order valence-corrected chi connectivity index (χ3v) is 9.63. The standard InChI is InChI=1S/2C18H14F2N.2C5H5.Ti/c2*19-12-9-10-18(15(20)11-12)21-16-7-3-1-5-13(16)14-6-2-4-8-17(14)21;2*1-2-4-5-3-1;/h2*1,3,5,7,9-10H,2,4,6,8H2;2*1-5H;/q4*-1;+4.